The number of ketones is 1. The fourth-order valence-electron chi connectivity index (χ4n) is 3.33. The lowest BCUT2D eigenvalue weighted by Crippen LogP contribution is -2.32. The normalized spacial score (nSPS) is 17.0. The van der Waals surface area contributed by atoms with Gasteiger partial charge in [0.05, 0.1) is 22.6 Å². The van der Waals surface area contributed by atoms with Gasteiger partial charge in [0.1, 0.15) is 0 Å². The number of nitrogens with zero attached hydrogens (tertiary/aromatic N) is 2. The van der Waals surface area contributed by atoms with E-state index < -0.39 is 22.6 Å². The highest BCUT2D eigenvalue weighted by Crippen LogP contribution is 2.39. The van der Waals surface area contributed by atoms with Gasteiger partial charge in [-0.05, 0) is 43.9 Å². The zero-order chi connectivity index (χ0) is 21.7. The van der Waals surface area contributed by atoms with E-state index in [1.165, 1.54) is 29.2 Å². The molecule has 0 saturated carbocycles. The van der Waals surface area contributed by atoms with Gasteiger partial charge in [-0.2, -0.15) is 0 Å². The molecule has 1 N–H and O–H groups in total. The van der Waals surface area contributed by atoms with Crippen molar-refractivity contribution in [2.24, 2.45) is 5.92 Å². The van der Waals surface area contributed by atoms with Crippen molar-refractivity contribution in [2.45, 2.75) is 52.7 Å². The number of non-ortho nitro benzene ring substituents is 1. The van der Waals surface area contributed by atoms with Gasteiger partial charge in [-0.25, -0.2) is 0 Å². The maximum atomic E-state index is 12.8. The minimum absolute atomic E-state index is 0.0577. The number of benzene rings is 1. The Balaban J connectivity index is 2.36. The van der Waals surface area contributed by atoms with Gasteiger partial charge in [0, 0.05) is 31.7 Å². The van der Waals surface area contributed by atoms with Gasteiger partial charge >= 0.3 is 0 Å². The SMILES string of the molecule is CC(C)CC(=O)C1=C(O)C(=O)N(CCCOC(C)C)C1c1ccc([N+](=O)[O-])cc1. The molecule has 1 amide bonds. The summed E-state index contributed by atoms with van der Waals surface area (Å²) in [5.41, 5.74) is 0.519. The summed E-state index contributed by atoms with van der Waals surface area (Å²) >= 11 is 0. The molecule has 0 bridgehead atoms. The second-order valence-corrected chi connectivity index (χ2v) is 7.81. The van der Waals surface area contributed by atoms with Crippen molar-refractivity contribution in [3.05, 3.63) is 51.3 Å². The van der Waals surface area contributed by atoms with Crippen LogP contribution in [0.1, 0.15) is 52.1 Å². The number of ether oxygens (including phenoxy) is 1. The van der Waals surface area contributed by atoms with Crippen molar-refractivity contribution in [1.82, 2.24) is 4.90 Å². The van der Waals surface area contributed by atoms with Crippen LogP contribution in [0.5, 0.6) is 0 Å². The summed E-state index contributed by atoms with van der Waals surface area (Å²) in [5, 5.41) is 21.4. The van der Waals surface area contributed by atoms with E-state index in [9.17, 15) is 24.8 Å². The molecule has 0 radical (unpaired) electrons. The second-order valence-electron chi connectivity index (χ2n) is 7.81. The van der Waals surface area contributed by atoms with Gasteiger partial charge in [0.15, 0.2) is 11.5 Å². The van der Waals surface area contributed by atoms with E-state index in [-0.39, 0.29) is 42.0 Å². The Bertz CT molecular complexity index is 798. The largest absolute Gasteiger partial charge is 0.503 e. The van der Waals surface area contributed by atoms with Crippen molar-refractivity contribution in [1.29, 1.82) is 0 Å². The maximum absolute atomic E-state index is 12.8. The first kappa shape index (κ1) is 22.5. The Kier molecular flexibility index (Phi) is 7.50. The van der Waals surface area contributed by atoms with Gasteiger partial charge in [0.25, 0.3) is 11.6 Å². The number of Topliss-reactive ketones (excluding diaryl/α,β-unsaturated/α-hetero) is 1. The lowest BCUT2D eigenvalue weighted by molar-refractivity contribution is -0.384. The highest BCUT2D eigenvalue weighted by Gasteiger charge is 2.43. The summed E-state index contributed by atoms with van der Waals surface area (Å²) in [6, 6.07) is 4.94. The predicted molar refractivity (Wildman–Crippen MR) is 107 cm³/mol. The third-order valence-corrected chi connectivity index (χ3v) is 4.61. The summed E-state index contributed by atoms with van der Waals surface area (Å²) in [4.78, 5) is 37.4. The van der Waals surface area contributed by atoms with Crippen molar-refractivity contribution in [3.63, 3.8) is 0 Å². The average Bonchev–Trinajstić information content (AvgIpc) is 2.89. The number of hydrogen-bond acceptors (Lipinski definition) is 6. The Hall–Kier alpha value is -2.74. The molecule has 0 saturated heterocycles. The quantitative estimate of drug-likeness (QED) is 0.361. The minimum atomic E-state index is -0.770. The molecule has 1 aliphatic rings. The monoisotopic (exact) mass is 404 g/mol. The van der Waals surface area contributed by atoms with Gasteiger partial charge in [-0.3, -0.25) is 19.7 Å². The van der Waals surface area contributed by atoms with Crippen LogP contribution in [0.2, 0.25) is 0 Å². The molecule has 158 valence electrons. The topological polar surface area (TPSA) is 110 Å². The molecule has 1 aromatic carbocycles. The minimum Gasteiger partial charge on any atom is -0.503 e. The zero-order valence-electron chi connectivity index (χ0n) is 17.3. The Morgan fingerprint density at radius 1 is 1.24 bits per heavy atom. The molecule has 1 unspecified atom stereocenters. The van der Waals surface area contributed by atoms with Crippen LogP contribution in [0.25, 0.3) is 0 Å². The van der Waals surface area contributed by atoms with Crippen LogP contribution in [0.3, 0.4) is 0 Å². The molecule has 0 aliphatic carbocycles. The predicted octanol–water partition coefficient (Wildman–Crippen LogP) is 3.72. The summed E-state index contributed by atoms with van der Waals surface area (Å²) in [6.07, 6.45) is 0.789. The molecule has 0 spiro atoms. The lowest BCUT2D eigenvalue weighted by atomic mass is 9.92. The maximum Gasteiger partial charge on any atom is 0.290 e. The van der Waals surface area contributed by atoms with E-state index in [2.05, 4.69) is 0 Å². The van der Waals surface area contributed by atoms with Crippen molar-refractivity contribution in [2.75, 3.05) is 13.2 Å². The summed E-state index contributed by atoms with van der Waals surface area (Å²) in [5.74, 6) is -1.38. The third-order valence-electron chi connectivity index (χ3n) is 4.61. The van der Waals surface area contributed by atoms with Crippen molar-refractivity contribution in [3.8, 4) is 0 Å². The average molecular weight is 404 g/mol. The standard InChI is InChI=1S/C21H28N2O6/c1-13(2)12-17(24)18-19(15-6-8-16(9-7-15)23(27)28)22(21(26)20(18)25)10-5-11-29-14(3)4/h6-9,13-14,19,25H,5,10-12H2,1-4H3. The van der Waals surface area contributed by atoms with Crippen LogP contribution in [0.4, 0.5) is 5.69 Å². The molecule has 1 heterocycles. The van der Waals surface area contributed by atoms with E-state index in [4.69, 9.17) is 4.74 Å². The first-order valence-electron chi connectivity index (χ1n) is 9.76. The van der Waals surface area contributed by atoms with Gasteiger partial charge < -0.3 is 14.7 Å². The van der Waals surface area contributed by atoms with Crippen LogP contribution in [-0.2, 0) is 14.3 Å². The highest BCUT2D eigenvalue weighted by atomic mass is 16.6. The van der Waals surface area contributed by atoms with E-state index >= 15 is 0 Å². The second kappa shape index (κ2) is 9.65. The molecule has 1 aromatic rings. The molecule has 0 aromatic heterocycles. The molecule has 8 nitrogen and oxygen atoms in total. The van der Waals surface area contributed by atoms with E-state index in [1.54, 1.807) is 0 Å². The Labute approximate surface area is 170 Å². The number of amides is 1. The Morgan fingerprint density at radius 2 is 1.86 bits per heavy atom. The molecule has 2 rings (SSSR count). The van der Waals surface area contributed by atoms with Crippen LogP contribution in [-0.4, -0.2) is 45.9 Å². The highest BCUT2D eigenvalue weighted by molar-refractivity contribution is 6.09. The third kappa shape index (κ3) is 5.41. The number of hydrogen-bond donors (Lipinski definition) is 1. The molecule has 1 atom stereocenters. The molecular formula is C21H28N2O6. The molecule has 8 heteroatoms. The number of carbonyl (C=O) groups excluding carboxylic acids is 2. The number of carbonyl (C=O) groups is 2. The van der Waals surface area contributed by atoms with Gasteiger partial charge in [-0.15, -0.1) is 0 Å². The van der Waals surface area contributed by atoms with E-state index in [0.717, 1.165) is 0 Å². The van der Waals surface area contributed by atoms with E-state index in [1.807, 2.05) is 27.7 Å². The van der Waals surface area contributed by atoms with Crippen molar-refractivity contribution >= 4 is 17.4 Å². The van der Waals surface area contributed by atoms with Crippen molar-refractivity contribution < 1.29 is 24.4 Å². The first-order valence-corrected chi connectivity index (χ1v) is 9.76. The fourth-order valence-corrected chi connectivity index (χ4v) is 3.33. The van der Waals surface area contributed by atoms with Crippen LogP contribution in [0, 0.1) is 16.0 Å². The molecule has 0 fully saturated rings. The van der Waals surface area contributed by atoms with Gasteiger partial charge in [-0.1, -0.05) is 13.8 Å². The number of aliphatic hydroxyl groups excluding tert-OH is 1. The number of aliphatic hydroxyl groups is 1. The zero-order valence-corrected chi connectivity index (χ0v) is 17.3. The number of rotatable bonds is 10. The van der Waals surface area contributed by atoms with Crippen LogP contribution >= 0.6 is 0 Å². The van der Waals surface area contributed by atoms with Crippen LogP contribution in [0.15, 0.2) is 35.6 Å². The molecular weight excluding hydrogens is 376 g/mol. The van der Waals surface area contributed by atoms with Gasteiger partial charge in [0.2, 0.25) is 0 Å². The number of nitro groups is 1. The number of nitro benzene ring substituents is 1. The van der Waals surface area contributed by atoms with Crippen LogP contribution < -0.4 is 0 Å². The lowest BCUT2D eigenvalue weighted by Gasteiger charge is -2.27. The molecule has 1 aliphatic heterocycles. The summed E-state index contributed by atoms with van der Waals surface area (Å²) in [6.45, 7) is 8.32. The van der Waals surface area contributed by atoms with E-state index in [0.29, 0.717) is 18.6 Å². The smallest absolute Gasteiger partial charge is 0.290 e. The summed E-state index contributed by atoms with van der Waals surface area (Å²) < 4.78 is 5.52. The Morgan fingerprint density at radius 3 is 2.38 bits per heavy atom. The summed E-state index contributed by atoms with van der Waals surface area (Å²) in [7, 11) is 0. The first-order chi connectivity index (χ1) is 13.6. The molecule has 29 heavy (non-hydrogen) atoms. The fraction of sp³-hybridized carbons (Fsp3) is 0.524.